The zero-order chi connectivity index (χ0) is 17.2. The largest absolute Gasteiger partial charge is 0.342 e. The first kappa shape index (κ1) is 16.3. The average molecular weight is 355 g/mol. The number of thiazole rings is 1. The van der Waals surface area contributed by atoms with E-state index in [9.17, 15) is 9.59 Å². The van der Waals surface area contributed by atoms with Crippen molar-refractivity contribution in [2.24, 2.45) is 5.92 Å². The molecular weight excluding hydrogens is 334 g/mol. The molecule has 1 aromatic heterocycles. The maximum Gasteiger partial charge on any atom is 0.231 e. The second-order valence-corrected chi connectivity index (χ2v) is 7.79. The number of carbonyl (C=O) groups excluding carboxylic acids is 2. The summed E-state index contributed by atoms with van der Waals surface area (Å²) in [4.78, 5) is 32.3. The van der Waals surface area contributed by atoms with Gasteiger partial charge < -0.3 is 10.2 Å². The Balaban J connectivity index is 1.32. The predicted octanol–water partition coefficient (Wildman–Crippen LogP) is 2.66. The highest BCUT2D eigenvalue weighted by Gasteiger charge is 2.34. The normalized spacial score (nSPS) is 19.3. The van der Waals surface area contributed by atoms with Crippen molar-refractivity contribution in [3.8, 4) is 0 Å². The standard InChI is InChI=1S/C19H21N3O2S/c23-17-11-14(12-22(17)10-9-13-5-2-1-3-6-13)18(24)21-19-20-15-7-4-8-16(15)25-19/h1-3,5-6,14H,4,7-12H2,(H,20,21,24)/t14-/m0/s1. The highest BCUT2D eigenvalue weighted by molar-refractivity contribution is 7.15. The molecule has 6 heteroatoms. The fourth-order valence-electron chi connectivity index (χ4n) is 3.52. The lowest BCUT2D eigenvalue weighted by Gasteiger charge is -2.16. The van der Waals surface area contributed by atoms with Gasteiger partial charge in [0.05, 0.1) is 11.6 Å². The van der Waals surface area contributed by atoms with Crippen LogP contribution in [0.4, 0.5) is 5.13 Å². The number of anilines is 1. The van der Waals surface area contributed by atoms with E-state index in [0.717, 1.165) is 31.4 Å². The molecule has 2 amide bonds. The molecule has 0 spiro atoms. The Labute approximate surface area is 151 Å². The SMILES string of the molecule is O=C(Nc1nc2c(s1)CCC2)[C@H]1CC(=O)N(CCc2ccccc2)C1. The number of fused-ring (bicyclic) bond motifs is 1. The maximum atomic E-state index is 12.5. The molecule has 1 N–H and O–H groups in total. The molecule has 5 nitrogen and oxygen atoms in total. The molecular formula is C19H21N3O2S. The highest BCUT2D eigenvalue weighted by Crippen LogP contribution is 2.31. The molecule has 1 aromatic carbocycles. The van der Waals surface area contributed by atoms with E-state index in [1.807, 2.05) is 18.2 Å². The molecule has 25 heavy (non-hydrogen) atoms. The maximum absolute atomic E-state index is 12.5. The summed E-state index contributed by atoms with van der Waals surface area (Å²) in [6, 6.07) is 10.1. The smallest absolute Gasteiger partial charge is 0.231 e. The number of hydrogen-bond acceptors (Lipinski definition) is 4. The van der Waals surface area contributed by atoms with Gasteiger partial charge in [-0.05, 0) is 31.2 Å². The predicted molar refractivity (Wildman–Crippen MR) is 97.6 cm³/mol. The van der Waals surface area contributed by atoms with E-state index < -0.39 is 0 Å². The van der Waals surface area contributed by atoms with Crippen LogP contribution in [0.2, 0.25) is 0 Å². The van der Waals surface area contributed by atoms with Crippen LogP contribution in [0, 0.1) is 5.92 Å². The van der Waals surface area contributed by atoms with Gasteiger partial charge in [0.25, 0.3) is 0 Å². The molecule has 0 radical (unpaired) electrons. The Kier molecular flexibility index (Phi) is 4.53. The minimum Gasteiger partial charge on any atom is -0.342 e. The van der Waals surface area contributed by atoms with Gasteiger partial charge in [0, 0.05) is 24.4 Å². The van der Waals surface area contributed by atoms with Crippen LogP contribution in [-0.2, 0) is 28.9 Å². The van der Waals surface area contributed by atoms with Crippen molar-refractivity contribution in [1.29, 1.82) is 0 Å². The summed E-state index contributed by atoms with van der Waals surface area (Å²) in [7, 11) is 0. The van der Waals surface area contributed by atoms with Crippen LogP contribution in [0.25, 0.3) is 0 Å². The molecule has 0 unspecified atom stereocenters. The van der Waals surface area contributed by atoms with Gasteiger partial charge in [-0.15, -0.1) is 11.3 Å². The van der Waals surface area contributed by atoms with Crippen LogP contribution in [0.5, 0.6) is 0 Å². The van der Waals surface area contributed by atoms with Crippen molar-refractivity contribution < 1.29 is 9.59 Å². The molecule has 2 aromatic rings. The Hall–Kier alpha value is -2.21. The van der Waals surface area contributed by atoms with Gasteiger partial charge in [0.2, 0.25) is 11.8 Å². The minimum absolute atomic E-state index is 0.0673. The molecule has 2 aliphatic rings. The summed E-state index contributed by atoms with van der Waals surface area (Å²) in [5.41, 5.74) is 2.34. The molecule has 1 aliphatic carbocycles. The van der Waals surface area contributed by atoms with Crippen molar-refractivity contribution in [2.75, 3.05) is 18.4 Å². The van der Waals surface area contributed by atoms with E-state index in [4.69, 9.17) is 0 Å². The summed E-state index contributed by atoms with van der Waals surface area (Å²) in [5, 5.41) is 3.60. The topological polar surface area (TPSA) is 62.3 Å². The summed E-state index contributed by atoms with van der Waals surface area (Å²) < 4.78 is 0. The Morgan fingerprint density at radius 3 is 2.92 bits per heavy atom. The van der Waals surface area contributed by atoms with Crippen LogP contribution < -0.4 is 5.32 Å². The number of aromatic nitrogens is 1. The summed E-state index contributed by atoms with van der Waals surface area (Å²) in [6.45, 7) is 1.17. The Morgan fingerprint density at radius 1 is 1.28 bits per heavy atom. The van der Waals surface area contributed by atoms with E-state index in [0.29, 0.717) is 24.6 Å². The van der Waals surface area contributed by atoms with Crippen molar-refractivity contribution >= 4 is 28.3 Å². The van der Waals surface area contributed by atoms with Crippen molar-refractivity contribution in [3.63, 3.8) is 0 Å². The van der Waals surface area contributed by atoms with Gasteiger partial charge in [0.15, 0.2) is 5.13 Å². The fourth-order valence-corrected chi connectivity index (χ4v) is 4.58. The Bertz CT molecular complexity index is 766. The quantitative estimate of drug-likeness (QED) is 0.897. The molecule has 0 bridgehead atoms. The van der Waals surface area contributed by atoms with E-state index in [1.54, 1.807) is 16.2 Å². The molecule has 1 fully saturated rings. The van der Waals surface area contributed by atoms with Gasteiger partial charge in [-0.1, -0.05) is 30.3 Å². The molecule has 130 valence electrons. The van der Waals surface area contributed by atoms with Crippen LogP contribution in [0.15, 0.2) is 30.3 Å². The lowest BCUT2D eigenvalue weighted by molar-refractivity contribution is -0.128. The average Bonchev–Trinajstić information content (AvgIpc) is 3.29. The molecule has 2 heterocycles. The van der Waals surface area contributed by atoms with Gasteiger partial charge >= 0.3 is 0 Å². The number of rotatable bonds is 5. The minimum atomic E-state index is -0.276. The molecule has 4 rings (SSSR count). The summed E-state index contributed by atoms with van der Waals surface area (Å²) >= 11 is 1.58. The number of likely N-dealkylation sites (tertiary alicyclic amines) is 1. The lowest BCUT2D eigenvalue weighted by atomic mass is 10.1. The van der Waals surface area contributed by atoms with Crippen LogP contribution in [-0.4, -0.2) is 34.8 Å². The van der Waals surface area contributed by atoms with Crippen LogP contribution in [0.1, 0.15) is 29.0 Å². The Morgan fingerprint density at radius 2 is 2.12 bits per heavy atom. The number of carbonyl (C=O) groups is 2. The molecule has 1 saturated heterocycles. The first-order valence-corrected chi connectivity index (χ1v) is 9.62. The highest BCUT2D eigenvalue weighted by atomic mass is 32.1. The van der Waals surface area contributed by atoms with E-state index in [1.165, 1.54) is 10.4 Å². The summed E-state index contributed by atoms with van der Waals surface area (Å²) in [5.74, 6) is -0.289. The zero-order valence-corrected chi connectivity index (χ0v) is 14.8. The van der Waals surface area contributed by atoms with Crippen molar-refractivity contribution in [2.45, 2.75) is 32.1 Å². The van der Waals surface area contributed by atoms with Gasteiger partial charge in [-0.3, -0.25) is 9.59 Å². The first-order chi connectivity index (χ1) is 12.2. The number of hydrogen-bond donors (Lipinski definition) is 1. The number of nitrogens with zero attached hydrogens (tertiary/aromatic N) is 2. The van der Waals surface area contributed by atoms with Crippen molar-refractivity contribution in [1.82, 2.24) is 9.88 Å². The first-order valence-electron chi connectivity index (χ1n) is 8.80. The van der Waals surface area contributed by atoms with Crippen LogP contribution in [0.3, 0.4) is 0 Å². The fraction of sp³-hybridized carbons (Fsp3) is 0.421. The molecule has 1 atom stereocenters. The zero-order valence-electron chi connectivity index (χ0n) is 14.0. The van der Waals surface area contributed by atoms with Gasteiger partial charge in [-0.25, -0.2) is 4.98 Å². The monoisotopic (exact) mass is 355 g/mol. The lowest BCUT2D eigenvalue weighted by Crippen LogP contribution is -2.30. The molecule has 0 saturated carbocycles. The van der Waals surface area contributed by atoms with Gasteiger partial charge in [0.1, 0.15) is 0 Å². The number of aryl methyl sites for hydroxylation is 2. The number of amides is 2. The van der Waals surface area contributed by atoms with Crippen LogP contribution >= 0.6 is 11.3 Å². The number of benzene rings is 1. The van der Waals surface area contributed by atoms with E-state index in [-0.39, 0.29) is 17.7 Å². The van der Waals surface area contributed by atoms with E-state index in [2.05, 4.69) is 22.4 Å². The number of nitrogens with one attached hydrogen (secondary N) is 1. The van der Waals surface area contributed by atoms with Crippen molar-refractivity contribution in [3.05, 3.63) is 46.5 Å². The third kappa shape index (κ3) is 3.58. The second-order valence-electron chi connectivity index (χ2n) is 6.71. The van der Waals surface area contributed by atoms with Gasteiger partial charge in [-0.2, -0.15) is 0 Å². The summed E-state index contributed by atoms with van der Waals surface area (Å²) in [6.07, 6.45) is 4.36. The third-order valence-corrected chi connectivity index (χ3v) is 6.00. The third-order valence-electron chi connectivity index (χ3n) is 4.92. The second kappa shape index (κ2) is 6.96. The molecule has 1 aliphatic heterocycles. The van der Waals surface area contributed by atoms with E-state index >= 15 is 0 Å².